The Bertz CT molecular complexity index is 1120. The van der Waals surface area contributed by atoms with Crippen LogP contribution in [-0.2, 0) is 12.7 Å². The highest BCUT2D eigenvalue weighted by Crippen LogP contribution is 2.38. The van der Waals surface area contributed by atoms with Crippen molar-refractivity contribution >= 4 is 11.0 Å². The molecule has 0 radical (unpaired) electrons. The summed E-state index contributed by atoms with van der Waals surface area (Å²) < 4.78 is 47.1. The SMILES string of the molecule is C[C@H]1CCCC[NH+]1Cc1c(O)ccc2c(=O)c(-c3ccccc3)c(C(F)(F)F)oc12. The fourth-order valence-corrected chi connectivity index (χ4v) is 4.28. The second-order valence-electron chi connectivity index (χ2n) is 7.92. The van der Waals surface area contributed by atoms with E-state index in [1.54, 1.807) is 18.2 Å². The normalized spacial score (nSPS) is 19.9. The van der Waals surface area contributed by atoms with Crippen LogP contribution in [0, 0.1) is 0 Å². The molecule has 2 aromatic carbocycles. The van der Waals surface area contributed by atoms with E-state index in [1.807, 2.05) is 0 Å². The molecule has 0 amide bonds. The lowest BCUT2D eigenvalue weighted by Gasteiger charge is -2.30. The summed E-state index contributed by atoms with van der Waals surface area (Å²) in [6, 6.07) is 10.7. The van der Waals surface area contributed by atoms with Gasteiger partial charge in [-0.15, -0.1) is 0 Å². The molecule has 2 N–H and O–H groups in total. The van der Waals surface area contributed by atoms with Crippen LogP contribution in [0.4, 0.5) is 13.2 Å². The first-order valence-electron chi connectivity index (χ1n) is 10.1. The number of aromatic hydroxyl groups is 1. The molecule has 4 rings (SSSR count). The Morgan fingerprint density at radius 3 is 2.53 bits per heavy atom. The van der Waals surface area contributed by atoms with Crippen LogP contribution >= 0.6 is 0 Å². The van der Waals surface area contributed by atoms with Gasteiger partial charge in [0.25, 0.3) is 0 Å². The van der Waals surface area contributed by atoms with E-state index < -0.39 is 22.9 Å². The molecular weight excluding hydrogens is 395 g/mol. The van der Waals surface area contributed by atoms with Crippen molar-refractivity contribution in [2.24, 2.45) is 0 Å². The first-order chi connectivity index (χ1) is 14.3. The van der Waals surface area contributed by atoms with Gasteiger partial charge in [0.05, 0.1) is 29.1 Å². The second-order valence-corrected chi connectivity index (χ2v) is 7.92. The Kier molecular flexibility index (Phi) is 5.32. The van der Waals surface area contributed by atoms with Crippen molar-refractivity contribution in [3.05, 3.63) is 64.0 Å². The third-order valence-corrected chi connectivity index (χ3v) is 5.94. The summed E-state index contributed by atoms with van der Waals surface area (Å²) in [6.07, 6.45) is -1.72. The van der Waals surface area contributed by atoms with Gasteiger partial charge >= 0.3 is 6.18 Å². The Hall–Kier alpha value is -2.80. The van der Waals surface area contributed by atoms with E-state index in [1.165, 1.54) is 24.3 Å². The van der Waals surface area contributed by atoms with Crippen molar-refractivity contribution in [2.45, 2.75) is 44.9 Å². The van der Waals surface area contributed by atoms with Crippen LogP contribution in [0.5, 0.6) is 5.75 Å². The molecule has 30 heavy (non-hydrogen) atoms. The number of alkyl halides is 3. The molecular formula is C23H23F3NO3+. The molecule has 7 heteroatoms. The maximum Gasteiger partial charge on any atom is 0.450 e. The van der Waals surface area contributed by atoms with Gasteiger partial charge in [0.15, 0.2) is 5.58 Å². The van der Waals surface area contributed by atoms with Gasteiger partial charge in [-0.2, -0.15) is 13.2 Å². The van der Waals surface area contributed by atoms with E-state index in [2.05, 4.69) is 6.92 Å². The maximum absolute atomic E-state index is 13.9. The number of halogens is 3. The van der Waals surface area contributed by atoms with Crippen molar-refractivity contribution in [2.75, 3.05) is 6.54 Å². The third-order valence-electron chi connectivity index (χ3n) is 5.94. The summed E-state index contributed by atoms with van der Waals surface area (Å²) in [5.41, 5.74) is -1.05. The van der Waals surface area contributed by atoms with Crippen LogP contribution in [0.15, 0.2) is 51.7 Å². The minimum Gasteiger partial charge on any atom is -0.507 e. The zero-order valence-electron chi connectivity index (χ0n) is 16.6. The highest BCUT2D eigenvalue weighted by Gasteiger charge is 2.40. The molecule has 2 heterocycles. The molecule has 1 fully saturated rings. The number of rotatable bonds is 3. The average Bonchev–Trinajstić information content (AvgIpc) is 2.71. The highest BCUT2D eigenvalue weighted by atomic mass is 19.4. The minimum atomic E-state index is -4.85. The maximum atomic E-state index is 13.9. The molecule has 3 aromatic rings. The van der Waals surface area contributed by atoms with Crippen molar-refractivity contribution < 1.29 is 27.6 Å². The largest absolute Gasteiger partial charge is 0.507 e. The van der Waals surface area contributed by atoms with Crippen LogP contribution in [0.1, 0.15) is 37.5 Å². The number of benzene rings is 2. The lowest BCUT2D eigenvalue weighted by atomic mass is 9.99. The lowest BCUT2D eigenvalue weighted by Crippen LogP contribution is -3.14. The first-order valence-corrected chi connectivity index (χ1v) is 10.1. The van der Waals surface area contributed by atoms with E-state index in [9.17, 15) is 23.1 Å². The number of phenols is 1. The minimum absolute atomic E-state index is 0.0405. The number of likely N-dealkylation sites (tertiary alicyclic amines) is 1. The number of hydrogen-bond donors (Lipinski definition) is 2. The van der Waals surface area contributed by atoms with E-state index in [0.717, 1.165) is 30.7 Å². The molecule has 1 aromatic heterocycles. The summed E-state index contributed by atoms with van der Waals surface area (Å²) in [5.74, 6) is -1.49. The molecule has 158 valence electrons. The van der Waals surface area contributed by atoms with Gasteiger partial charge in [0.2, 0.25) is 11.2 Å². The van der Waals surface area contributed by atoms with Crippen LogP contribution in [0.3, 0.4) is 0 Å². The quantitative estimate of drug-likeness (QED) is 0.672. The standard InChI is InChI=1S/C23H22F3NO3/c1-14-7-5-6-12-27(14)13-17-18(28)11-10-16-20(29)19(15-8-3-2-4-9-15)22(23(24,25)26)30-21(16)17/h2-4,8-11,14,28H,5-7,12-13H2,1H3/p+1/t14-/m0/s1. The Morgan fingerprint density at radius 1 is 1.13 bits per heavy atom. The average molecular weight is 418 g/mol. The molecule has 1 aliphatic heterocycles. The molecule has 0 aliphatic carbocycles. The van der Waals surface area contributed by atoms with Gasteiger partial charge in [0, 0.05) is 0 Å². The lowest BCUT2D eigenvalue weighted by molar-refractivity contribution is -0.941. The Morgan fingerprint density at radius 2 is 1.87 bits per heavy atom. The Balaban J connectivity index is 1.96. The van der Waals surface area contributed by atoms with Gasteiger partial charge in [-0.3, -0.25) is 4.79 Å². The number of nitrogens with one attached hydrogen (secondary N) is 1. The smallest absolute Gasteiger partial charge is 0.450 e. The monoisotopic (exact) mass is 418 g/mol. The van der Waals surface area contributed by atoms with Gasteiger partial charge in [-0.25, -0.2) is 0 Å². The second kappa shape index (κ2) is 7.80. The van der Waals surface area contributed by atoms with Crippen LogP contribution in [0.25, 0.3) is 22.1 Å². The van der Waals surface area contributed by atoms with Crippen molar-refractivity contribution in [3.8, 4) is 16.9 Å². The van der Waals surface area contributed by atoms with E-state index >= 15 is 0 Å². The topological polar surface area (TPSA) is 54.9 Å². The molecule has 1 saturated heterocycles. The number of hydrogen-bond acceptors (Lipinski definition) is 3. The van der Waals surface area contributed by atoms with E-state index in [0.29, 0.717) is 12.6 Å². The van der Waals surface area contributed by atoms with Crippen LogP contribution < -0.4 is 10.3 Å². The summed E-state index contributed by atoms with van der Waals surface area (Å²) in [5, 5.41) is 10.5. The molecule has 4 nitrogen and oxygen atoms in total. The van der Waals surface area contributed by atoms with E-state index in [4.69, 9.17) is 4.42 Å². The molecule has 0 spiro atoms. The van der Waals surface area contributed by atoms with Gasteiger partial charge in [-0.05, 0) is 43.9 Å². The predicted octanol–water partition coefficient (Wildman–Crippen LogP) is 4.14. The predicted molar refractivity (Wildman–Crippen MR) is 107 cm³/mol. The summed E-state index contributed by atoms with van der Waals surface area (Å²) in [7, 11) is 0. The van der Waals surface area contributed by atoms with Gasteiger partial charge < -0.3 is 14.4 Å². The number of quaternary nitrogens is 1. The van der Waals surface area contributed by atoms with Crippen molar-refractivity contribution in [1.29, 1.82) is 0 Å². The third kappa shape index (κ3) is 3.69. The first kappa shape index (κ1) is 20.5. The number of piperidine rings is 1. The van der Waals surface area contributed by atoms with Crippen LogP contribution in [-0.4, -0.2) is 17.7 Å². The highest BCUT2D eigenvalue weighted by molar-refractivity contribution is 5.86. The van der Waals surface area contributed by atoms with Crippen LogP contribution in [0.2, 0.25) is 0 Å². The zero-order chi connectivity index (χ0) is 21.5. The molecule has 0 bridgehead atoms. The fourth-order valence-electron chi connectivity index (χ4n) is 4.28. The molecule has 2 atom stereocenters. The number of phenolic OH excluding ortho intramolecular Hbond substituents is 1. The van der Waals surface area contributed by atoms with Gasteiger partial charge in [-0.1, -0.05) is 30.3 Å². The summed E-state index contributed by atoms with van der Waals surface area (Å²) >= 11 is 0. The Labute approximate surface area is 171 Å². The molecule has 0 saturated carbocycles. The fraction of sp³-hybridized carbons (Fsp3) is 0.348. The van der Waals surface area contributed by atoms with Gasteiger partial charge in [0.1, 0.15) is 12.3 Å². The summed E-state index contributed by atoms with van der Waals surface area (Å²) in [4.78, 5) is 14.3. The zero-order valence-corrected chi connectivity index (χ0v) is 16.6. The van der Waals surface area contributed by atoms with Crippen molar-refractivity contribution in [1.82, 2.24) is 0 Å². The van der Waals surface area contributed by atoms with E-state index in [-0.39, 0.29) is 27.8 Å². The summed E-state index contributed by atoms with van der Waals surface area (Å²) in [6.45, 7) is 3.24. The molecule has 1 aliphatic rings. The van der Waals surface area contributed by atoms with Crippen molar-refractivity contribution in [3.63, 3.8) is 0 Å². The number of fused-ring (bicyclic) bond motifs is 1. The molecule has 1 unspecified atom stereocenters.